The van der Waals surface area contributed by atoms with E-state index in [1.54, 1.807) is 12.3 Å². The normalized spacial score (nSPS) is 15.8. The number of halogens is 1. The molecule has 13 heavy (non-hydrogen) atoms. The summed E-state index contributed by atoms with van der Waals surface area (Å²) >= 11 is 5.89. The summed E-state index contributed by atoms with van der Waals surface area (Å²) in [7, 11) is 0. The molecule has 0 atom stereocenters. The van der Waals surface area contributed by atoms with E-state index in [1.807, 2.05) is 0 Å². The first-order valence-electron chi connectivity index (χ1n) is 4.29. The highest BCUT2D eigenvalue weighted by Crippen LogP contribution is 2.31. The summed E-state index contributed by atoms with van der Waals surface area (Å²) in [5.74, 6) is 1.76. The molecule has 0 aromatic carbocycles. The SMILES string of the molecule is Nc1cc(Cl)c(OCC2CC2)cn1. The molecule has 0 saturated heterocycles. The average molecular weight is 199 g/mol. The molecule has 1 aromatic heterocycles. The van der Waals surface area contributed by atoms with Crippen LogP contribution in [0.2, 0.25) is 5.02 Å². The molecule has 1 fully saturated rings. The number of ether oxygens (including phenoxy) is 1. The van der Waals surface area contributed by atoms with Crippen molar-refractivity contribution in [3.63, 3.8) is 0 Å². The van der Waals surface area contributed by atoms with Crippen molar-refractivity contribution in [2.75, 3.05) is 12.3 Å². The molecule has 0 aliphatic heterocycles. The van der Waals surface area contributed by atoms with E-state index >= 15 is 0 Å². The zero-order chi connectivity index (χ0) is 9.26. The fourth-order valence-corrected chi connectivity index (χ4v) is 1.25. The minimum atomic E-state index is 0.420. The number of anilines is 1. The molecule has 1 aliphatic rings. The lowest BCUT2D eigenvalue weighted by molar-refractivity contribution is 0.299. The largest absolute Gasteiger partial charge is 0.490 e. The summed E-state index contributed by atoms with van der Waals surface area (Å²) < 4.78 is 5.47. The van der Waals surface area contributed by atoms with Crippen molar-refractivity contribution in [2.24, 2.45) is 5.92 Å². The molecule has 3 nitrogen and oxygen atoms in total. The number of nitrogens with zero attached hydrogens (tertiary/aromatic N) is 1. The van der Waals surface area contributed by atoms with Crippen LogP contribution in [0.15, 0.2) is 12.3 Å². The minimum Gasteiger partial charge on any atom is -0.490 e. The maximum absolute atomic E-state index is 5.89. The van der Waals surface area contributed by atoms with Gasteiger partial charge in [-0.25, -0.2) is 4.98 Å². The second-order valence-electron chi connectivity index (χ2n) is 3.29. The average Bonchev–Trinajstić information content (AvgIpc) is 2.86. The highest BCUT2D eigenvalue weighted by atomic mass is 35.5. The van der Waals surface area contributed by atoms with Crippen molar-refractivity contribution in [3.8, 4) is 5.75 Å². The molecule has 70 valence electrons. The molecule has 2 N–H and O–H groups in total. The van der Waals surface area contributed by atoms with E-state index in [4.69, 9.17) is 22.1 Å². The number of pyridine rings is 1. The van der Waals surface area contributed by atoms with Gasteiger partial charge in [0.05, 0.1) is 17.8 Å². The minimum absolute atomic E-state index is 0.420. The van der Waals surface area contributed by atoms with Gasteiger partial charge < -0.3 is 10.5 Å². The first-order chi connectivity index (χ1) is 6.25. The number of hydrogen-bond acceptors (Lipinski definition) is 3. The van der Waals surface area contributed by atoms with Crippen LogP contribution < -0.4 is 10.5 Å². The predicted molar refractivity (Wildman–Crippen MR) is 51.9 cm³/mol. The molecular formula is C9H11ClN2O. The number of hydrogen-bond donors (Lipinski definition) is 1. The monoisotopic (exact) mass is 198 g/mol. The lowest BCUT2D eigenvalue weighted by Crippen LogP contribution is -2.00. The summed E-state index contributed by atoms with van der Waals surface area (Å²) in [5.41, 5.74) is 5.44. The zero-order valence-electron chi connectivity index (χ0n) is 7.16. The Morgan fingerprint density at radius 3 is 3.00 bits per heavy atom. The summed E-state index contributed by atoms with van der Waals surface area (Å²) in [5, 5.41) is 0.535. The third kappa shape index (κ3) is 2.25. The Kier molecular flexibility index (Phi) is 2.27. The van der Waals surface area contributed by atoms with Crippen molar-refractivity contribution in [3.05, 3.63) is 17.3 Å². The zero-order valence-corrected chi connectivity index (χ0v) is 7.92. The lowest BCUT2D eigenvalue weighted by Gasteiger charge is -2.06. The van der Waals surface area contributed by atoms with Crippen molar-refractivity contribution >= 4 is 17.4 Å². The second-order valence-corrected chi connectivity index (χ2v) is 3.70. The van der Waals surface area contributed by atoms with Crippen molar-refractivity contribution in [1.29, 1.82) is 0 Å². The highest BCUT2D eigenvalue weighted by Gasteiger charge is 2.22. The number of rotatable bonds is 3. The fourth-order valence-electron chi connectivity index (χ4n) is 1.03. The van der Waals surface area contributed by atoms with Gasteiger partial charge in [0, 0.05) is 6.07 Å². The summed E-state index contributed by atoms with van der Waals surface area (Å²) in [6.07, 6.45) is 4.10. The Bertz CT molecular complexity index is 312. The standard InChI is InChI=1S/C9H11ClN2O/c10-7-3-9(11)12-4-8(7)13-5-6-1-2-6/h3-4,6H,1-2,5H2,(H2,11,12). The fraction of sp³-hybridized carbons (Fsp3) is 0.444. The Morgan fingerprint density at radius 2 is 2.38 bits per heavy atom. The Hall–Kier alpha value is -0.960. The van der Waals surface area contributed by atoms with E-state index < -0.39 is 0 Å². The molecule has 1 saturated carbocycles. The first-order valence-corrected chi connectivity index (χ1v) is 4.67. The van der Waals surface area contributed by atoms with Gasteiger partial charge in [0.2, 0.25) is 0 Å². The lowest BCUT2D eigenvalue weighted by atomic mass is 10.4. The van der Waals surface area contributed by atoms with Crippen LogP contribution in [0.4, 0.5) is 5.82 Å². The van der Waals surface area contributed by atoms with Crippen LogP contribution in [0.3, 0.4) is 0 Å². The Labute approximate surface area is 81.9 Å². The third-order valence-corrected chi connectivity index (χ3v) is 2.31. The molecule has 1 aromatic rings. The molecule has 1 heterocycles. The van der Waals surface area contributed by atoms with Gasteiger partial charge in [-0.05, 0) is 18.8 Å². The van der Waals surface area contributed by atoms with Crippen molar-refractivity contribution in [1.82, 2.24) is 4.98 Å². The van der Waals surface area contributed by atoms with Gasteiger partial charge >= 0.3 is 0 Å². The van der Waals surface area contributed by atoms with E-state index in [-0.39, 0.29) is 0 Å². The van der Waals surface area contributed by atoms with E-state index in [2.05, 4.69) is 4.98 Å². The highest BCUT2D eigenvalue weighted by molar-refractivity contribution is 6.32. The van der Waals surface area contributed by atoms with Crippen LogP contribution in [-0.2, 0) is 0 Å². The molecule has 2 rings (SSSR count). The second kappa shape index (κ2) is 3.42. The molecule has 0 radical (unpaired) electrons. The van der Waals surface area contributed by atoms with Crippen LogP contribution in [-0.4, -0.2) is 11.6 Å². The van der Waals surface area contributed by atoms with Crippen LogP contribution in [0, 0.1) is 5.92 Å². The maximum Gasteiger partial charge on any atom is 0.156 e. The van der Waals surface area contributed by atoms with Gasteiger partial charge in [-0.15, -0.1) is 0 Å². The van der Waals surface area contributed by atoms with Gasteiger partial charge in [-0.1, -0.05) is 11.6 Å². The summed E-state index contributed by atoms with van der Waals surface area (Å²) in [6, 6.07) is 1.60. The molecule has 0 unspecified atom stereocenters. The van der Waals surface area contributed by atoms with Gasteiger partial charge in [0.15, 0.2) is 5.75 Å². The smallest absolute Gasteiger partial charge is 0.156 e. The number of nitrogens with two attached hydrogens (primary N) is 1. The quantitative estimate of drug-likeness (QED) is 0.809. The topological polar surface area (TPSA) is 48.1 Å². The third-order valence-electron chi connectivity index (χ3n) is 2.01. The van der Waals surface area contributed by atoms with Crippen LogP contribution >= 0.6 is 11.6 Å². The maximum atomic E-state index is 5.89. The summed E-state index contributed by atoms with van der Waals surface area (Å²) in [6.45, 7) is 0.741. The Balaban J connectivity index is 2.01. The van der Waals surface area contributed by atoms with E-state index in [0.717, 1.165) is 6.61 Å². The van der Waals surface area contributed by atoms with Gasteiger partial charge in [0.25, 0.3) is 0 Å². The first kappa shape index (κ1) is 8.63. The molecule has 0 bridgehead atoms. The van der Waals surface area contributed by atoms with E-state index in [0.29, 0.717) is 22.5 Å². The van der Waals surface area contributed by atoms with Crippen LogP contribution in [0.5, 0.6) is 5.75 Å². The molecular weight excluding hydrogens is 188 g/mol. The van der Waals surface area contributed by atoms with Gasteiger partial charge in [0.1, 0.15) is 5.82 Å². The van der Waals surface area contributed by atoms with Crippen LogP contribution in [0.25, 0.3) is 0 Å². The molecule has 0 spiro atoms. The van der Waals surface area contributed by atoms with Gasteiger partial charge in [-0.2, -0.15) is 0 Å². The molecule has 0 amide bonds. The molecule has 4 heteroatoms. The summed E-state index contributed by atoms with van der Waals surface area (Å²) in [4.78, 5) is 3.91. The van der Waals surface area contributed by atoms with E-state index in [1.165, 1.54) is 12.8 Å². The van der Waals surface area contributed by atoms with Crippen LogP contribution in [0.1, 0.15) is 12.8 Å². The predicted octanol–water partition coefficient (Wildman–Crippen LogP) is 2.11. The van der Waals surface area contributed by atoms with Crippen molar-refractivity contribution < 1.29 is 4.74 Å². The molecule has 1 aliphatic carbocycles. The number of aromatic nitrogens is 1. The van der Waals surface area contributed by atoms with Crippen molar-refractivity contribution in [2.45, 2.75) is 12.8 Å². The number of nitrogen functional groups attached to an aromatic ring is 1. The van der Waals surface area contributed by atoms with E-state index in [9.17, 15) is 0 Å². The Morgan fingerprint density at radius 1 is 1.62 bits per heavy atom. The van der Waals surface area contributed by atoms with Gasteiger partial charge in [-0.3, -0.25) is 0 Å².